The van der Waals surface area contributed by atoms with Gasteiger partial charge in [-0.05, 0) is 30.4 Å². The molecule has 0 aliphatic carbocycles. The zero-order valence-corrected chi connectivity index (χ0v) is 16.6. The van der Waals surface area contributed by atoms with Gasteiger partial charge in [-0.25, -0.2) is 13.6 Å². The molecule has 0 amide bonds. The molecule has 28 heavy (non-hydrogen) atoms. The van der Waals surface area contributed by atoms with E-state index in [1.54, 1.807) is 31.3 Å². The lowest BCUT2D eigenvalue weighted by Crippen LogP contribution is -2.16. The van der Waals surface area contributed by atoms with Crippen molar-refractivity contribution in [2.45, 2.75) is 4.90 Å². The number of nitrogens with two attached hydrogens (primary N) is 1. The molecule has 3 aromatic rings. The molecule has 0 fully saturated rings. The van der Waals surface area contributed by atoms with Gasteiger partial charge in [0.15, 0.2) is 5.69 Å². The van der Waals surface area contributed by atoms with Gasteiger partial charge in [0.2, 0.25) is 21.0 Å². The third kappa shape index (κ3) is 3.67. The second kappa shape index (κ2) is 7.54. The van der Waals surface area contributed by atoms with Crippen LogP contribution >= 0.6 is 12.2 Å². The first kappa shape index (κ1) is 19.7. The number of aromatic hydroxyl groups is 1. The zero-order valence-electron chi connectivity index (χ0n) is 14.9. The Balaban J connectivity index is 1.94. The normalized spacial score (nSPS) is 11.8. The summed E-state index contributed by atoms with van der Waals surface area (Å²) >= 11 is 5.12. The summed E-state index contributed by atoms with van der Waals surface area (Å²) in [6.07, 6.45) is 0. The van der Waals surface area contributed by atoms with Crippen molar-refractivity contribution in [2.75, 3.05) is 12.4 Å². The Kier molecular flexibility index (Phi) is 5.31. The van der Waals surface area contributed by atoms with Crippen LogP contribution in [0.25, 0.3) is 10.9 Å². The number of aryl methyl sites for hydroxylation is 1. The fourth-order valence-corrected chi connectivity index (χ4v) is 3.61. The Bertz CT molecular complexity index is 1200. The molecule has 3 rings (SSSR count). The van der Waals surface area contributed by atoms with Crippen LogP contribution in [0.15, 0.2) is 57.6 Å². The highest BCUT2D eigenvalue weighted by molar-refractivity contribution is 7.89. The maximum atomic E-state index is 11.7. The average Bonchev–Trinajstić information content (AvgIpc) is 2.90. The molecule has 11 heteroatoms. The maximum absolute atomic E-state index is 11.7. The van der Waals surface area contributed by atoms with E-state index in [0.717, 1.165) is 0 Å². The van der Waals surface area contributed by atoms with E-state index in [4.69, 9.17) is 22.1 Å². The summed E-state index contributed by atoms with van der Waals surface area (Å²) in [5.41, 5.74) is 1.04. The van der Waals surface area contributed by atoms with Crippen LogP contribution in [0.3, 0.4) is 0 Å². The summed E-state index contributed by atoms with van der Waals surface area (Å²) < 4.78 is 30.2. The molecular formula is C17H17N5O4S2. The van der Waals surface area contributed by atoms with Gasteiger partial charge in [0.25, 0.3) is 0 Å². The third-order valence-corrected chi connectivity index (χ3v) is 5.17. The van der Waals surface area contributed by atoms with E-state index < -0.39 is 10.0 Å². The first-order valence-corrected chi connectivity index (χ1v) is 9.88. The number of nitrogens with zero attached hydrogens (tertiary/aromatic N) is 3. The molecule has 146 valence electrons. The molecule has 2 aromatic carbocycles. The van der Waals surface area contributed by atoms with E-state index in [1.165, 1.54) is 29.9 Å². The highest BCUT2D eigenvalue weighted by Gasteiger charge is 2.18. The van der Waals surface area contributed by atoms with Gasteiger partial charge in [0, 0.05) is 12.4 Å². The molecule has 0 saturated heterocycles. The molecule has 1 aromatic heterocycles. The van der Waals surface area contributed by atoms with E-state index in [-0.39, 0.29) is 27.3 Å². The highest BCUT2D eigenvalue weighted by Crippen LogP contribution is 2.41. The molecule has 4 N–H and O–H groups in total. The number of rotatable bonds is 4. The minimum atomic E-state index is -3.94. The average molecular weight is 419 g/mol. The van der Waals surface area contributed by atoms with Crippen molar-refractivity contribution in [1.82, 2.24) is 4.57 Å². The van der Waals surface area contributed by atoms with Crippen LogP contribution in [0.5, 0.6) is 11.6 Å². The molecule has 0 spiro atoms. The lowest BCUT2D eigenvalue weighted by Gasteiger charge is -2.08. The Labute approximate surface area is 166 Å². The minimum Gasteiger partial charge on any atom is -0.495 e. The fourth-order valence-electron chi connectivity index (χ4n) is 2.76. The van der Waals surface area contributed by atoms with Crippen molar-refractivity contribution in [2.24, 2.45) is 22.4 Å². The van der Waals surface area contributed by atoms with Crippen LogP contribution in [-0.4, -0.2) is 30.3 Å². The number of para-hydroxylation sites is 2. The van der Waals surface area contributed by atoms with Crippen molar-refractivity contribution >= 4 is 49.6 Å². The molecule has 0 saturated carbocycles. The standard InChI is InChI=1S/C17H17N5O4S2/c1-22-15-10(6-5-8-12(15)26-2)14(16(22)23)20-21-17(27)19-11-7-3-4-9-13(11)28(18,24)25/h3-9,23H,1-2H3,(H,19,27)(H2,18,24,25). The van der Waals surface area contributed by atoms with Crippen LogP contribution < -0.4 is 15.2 Å². The van der Waals surface area contributed by atoms with Crippen molar-refractivity contribution in [3.63, 3.8) is 0 Å². The summed E-state index contributed by atoms with van der Waals surface area (Å²) in [5.74, 6) is 0.454. The van der Waals surface area contributed by atoms with Crippen molar-refractivity contribution < 1.29 is 18.3 Å². The molecule has 0 aliphatic rings. The first-order chi connectivity index (χ1) is 13.2. The van der Waals surface area contributed by atoms with Crippen LogP contribution in [-0.2, 0) is 17.1 Å². The van der Waals surface area contributed by atoms with E-state index >= 15 is 0 Å². The Morgan fingerprint density at radius 2 is 1.96 bits per heavy atom. The van der Waals surface area contributed by atoms with Crippen LogP contribution in [0.2, 0.25) is 0 Å². The predicted molar refractivity (Wildman–Crippen MR) is 110 cm³/mol. The van der Waals surface area contributed by atoms with Crippen LogP contribution in [0, 0.1) is 0 Å². The Hall–Kier alpha value is -3.02. The van der Waals surface area contributed by atoms with Crippen molar-refractivity contribution in [1.29, 1.82) is 0 Å². The monoisotopic (exact) mass is 419 g/mol. The number of hydrogen-bond acceptors (Lipinski definition) is 6. The number of hydrogen-bond donors (Lipinski definition) is 3. The number of aromatic nitrogens is 1. The molecule has 0 unspecified atom stereocenters. The van der Waals surface area contributed by atoms with Gasteiger partial charge in [0.1, 0.15) is 10.6 Å². The van der Waals surface area contributed by atoms with Gasteiger partial charge in [-0.2, -0.15) is 0 Å². The number of methoxy groups -OCH3 is 1. The number of nitrogens with one attached hydrogen (secondary N) is 1. The van der Waals surface area contributed by atoms with Gasteiger partial charge in [-0.15, -0.1) is 10.2 Å². The van der Waals surface area contributed by atoms with Gasteiger partial charge in [-0.1, -0.05) is 24.3 Å². The van der Waals surface area contributed by atoms with Gasteiger partial charge < -0.3 is 19.7 Å². The van der Waals surface area contributed by atoms with Gasteiger partial charge >= 0.3 is 0 Å². The molecule has 0 bridgehead atoms. The summed E-state index contributed by atoms with van der Waals surface area (Å²) in [4.78, 5) is -0.120. The molecular weight excluding hydrogens is 402 g/mol. The van der Waals surface area contributed by atoms with Crippen molar-refractivity contribution in [3.8, 4) is 11.6 Å². The third-order valence-electron chi connectivity index (χ3n) is 4.01. The summed E-state index contributed by atoms with van der Waals surface area (Å²) in [6.45, 7) is 0. The van der Waals surface area contributed by atoms with Crippen LogP contribution in [0.1, 0.15) is 0 Å². The number of fused-ring (bicyclic) bond motifs is 1. The van der Waals surface area contributed by atoms with E-state index in [1.807, 2.05) is 0 Å². The molecule has 0 aliphatic heterocycles. The second-order valence-electron chi connectivity index (χ2n) is 5.76. The number of azo groups is 1. The smallest absolute Gasteiger partial charge is 0.240 e. The Morgan fingerprint density at radius 3 is 2.64 bits per heavy atom. The largest absolute Gasteiger partial charge is 0.495 e. The van der Waals surface area contributed by atoms with Gasteiger partial charge in [-0.3, -0.25) is 0 Å². The van der Waals surface area contributed by atoms with E-state index in [0.29, 0.717) is 16.7 Å². The topological polar surface area (TPSA) is 131 Å². The molecule has 9 nitrogen and oxygen atoms in total. The second-order valence-corrected chi connectivity index (χ2v) is 7.68. The number of primary sulfonamides is 1. The zero-order chi connectivity index (χ0) is 20.5. The lowest BCUT2D eigenvalue weighted by molar-refractivity contribution is 0.412. The SMILES string of the molecule is COc1cccc2c(N=NC(=S)Nc3ccccc3S(N)(=O)=O)c(O)n(C)c12. The number of thiocarbonyl (C=S) groups is 1. The quantitative estimate of drug-likeness (QED) is 0.440. The molecule has 1 heterocycles. The number of sulfonamides is 1. The van der Waals surface area contributed by atoms with Crippen molar-refractivity contribution in [3.05, 3.63) is 42.5 Å². The summed E-state index contributed by atoms with van der Waals surface area (Å²) in [7, 11) is -0.743. The predicted octanol–water partition coefficient (Wildman–Crippen LogP) is 3.02. The van der Waals surface area contributed by atoms with Gasteiger partial charge in [0.05, 0.1) is 18.3 Å². The number of benzene rings is 2. The first-order valence-electron chi connectivity index (χ1n) is 7.93. The summed E-state index contributed by atoms with van der Waals surface area (Å²) in [6, 6.07) is 11.3. The van der Waals surface area contributed by atoms with E-state index in [9.17, 15) is 13.5 Å². The number of ether oxygens (including phenoxy) is 1. The van der Waals surface area contributed by atoms with E-state index in [2.05, 4.69) is 15.5 Å². The number of anilines is 1. The highest BCUT2D eigenvalue weighted by atomic mass is 32.2. The fraction of sp³-hybridized carbons (Fsp3) is 0.118. The maximum Gasteiger partial charge on any atom is 0.240 e. The minimum absolute atomic E-state index is 0.101. The molecule has 0 atom stereocenters. The van der Waals surface area contributed by atoms with Crippen LogP contribution in [0.4, 0.5) is 11.4 Å². The summed E-state index contributed by atoms with van der Waals surface area (Å²) in [5, 5.41) is 26.7. The molecule has 0 radical (unpaired) electrons. The lowest BCUT2D eigenvalue weighted by atomic mass is 10.2. The Morgan fingerprint density at radius 1 is 1.25 bits per heavy atom.